The standard InChI is InChI=1S/C18H24F3N3O2.ClH/c1-2-24(16(26)17(22)10-6-3-7-11-17)12-15(25)23-14-9-5-4-8-13(14)18(19,20)21;/h4-5,8-9H,2-3,6-7,10-12,22H2,1H3,(H,23,25);1H. The fraction of sp³-hybridized carbons (Fsp3) is 0.556. The lowest BCUT2D eigenvalue weighted by Gasteiger charge is -2.36. The number of alkyl halides is 3. The number of benzene rings is 1. The van der Waals surface area contributed by atoms with Gasteiger partial charge in [-0.2, -0.15) is 13.2 Å². The molecule has 0 heterocycles. The van der Waals surface area contributed by atoms with Crippen molar-refractivity contribution in [2.75, 3.05) is 18.4 Å². The Morgan fingerprint density at radius 1 is 1.19 bits per heavy atom. The van der Waals surface area contributed by atoms with E-state index in [1.165, 1.54) is 23.1 Å². The first-order chi connectivity index (χ1) is 12.2. The van der Waals surface area contributed by atoms with E-state index < -0.39 is 23.2 Å². The van der Waals surface area contributed by atoms with Crippen LogP contribution in [0, 0.1) is 0 Å². The van der Waals surface area contributed by atoms with Crippen molar-refractivity contribution >= 4 is 29.9 Å². The number of nitrogens with two attached hydrogens (primary N) is 1. The van der Waals surface area contributed by atoms with Gasteiger partial charge in [0.1, 0.15) is 0 Å². The summed E-state index contributed by atoms with van der Waals surface area (Å²) in [7, 11) is 0. The van der Waals surface area contributed by atoms with Gasteiger partial charge in [0, 0.05) is 6.54 Å². The average Bonchev–Trinajstić information content (AvgIpc) is 2.59. The fourth-order valence-electron chi connectivity index (χ4n) is 3.24. The third-order valence-corrected chi connectivity index (χ3v) is 4.68. The van der Waals surface area contributed by atoms with Crippen molar-refractivity contribution in [1.82, 2.24) is 4.90 Å². The molecular weight excluding hydrogens is 383 g/mol. The van der Waals surface area contributed by atoms with Crippen molar-refractivity contribution in [3.63, 3.8) is 0 Å². The highest BCUT2D eigenvalue weighted by Crippen LogP contribution is 2.34. The molecule has 1 aliphatic rings. The van der Waals surface area contributed by atoms with E-state index in [1.54, 1.807) is 6.92 Å². The highest BCUT2D eigenvalue weighted by molar-refractivity contribution is 5.96. The highest BCUT2D eigenvalue weighted by Gasteiger charge is 2.38. The third kappa shape index (κ3) is 5.84. The fourth-order valence-corrected chi connectivity index (χ4v) is 3.24. The molecule has 2 rings (SSSR count). The first-order valence-corrected chi connectivity index (χ1v) is 8.72. The second-order valence-corrected chi connectivity index (χ2v) is 6.63. The van der Waals surface area contributed by atoms with E-state index in [4.69, 9.17) is 5.73 Å². The van der Waals surface area contributed by atoms with Gasteiger partial charge < -0.3 is 16.0 Å². The van der Waals surface area contributed by atoms with E-state index in [2.05, 4.69) is 5.32 Å². The van der Waals surface area contributed by atoms with Crippen LogP contribution in [0.4, 0.5) is 18.9 Å². The summed E-state index contributed by atoms with van der Waals surface area (Å²) in [5.41, 5.74) is 3.98. The predicted octanol–water partition coefficient (Wildman–Crippen LogP) is 3.58. The third-order valence-electron chi connectivity index (χ3n) is 4.68. The summed E-state index contributed by atoms with van der Waals surface area (Å²) in [6.45, 7) is 1.63. The molecular formula is C18H25ClF3N3O2. The number of halogens is 4. The van der Waals surface area contributed by atoms with E-state index in [1.807, 2.05) is 0 Å². The highest BCUT2D eigenvalue weighted by atomic mass is 35.5. The number of carbonyl (C=O) groups is 2. The minimum absolute atomic E-state index is 0. The van der Waals surface area contributed by atoms with Crippen LogP contribution in [0.5, 0.6) is 0 Å². The van der Waals surface area contributed by atoms with Gasteiger partial charge in [-0.15, -0.1) is 12.4 Å². The van der Waals surface area contributed by atoms with Gasteiger partial charge in [-0.1, -0.05) is 31.4 Å². The number of anilines is 1. The molecule has 0 aromatic heterocycles. The molecule has 1 fully saturated rings. The molecule has 0 aliphatic heterocycles. The van der Waals surface area contributed by atoms with Crippen molar-refractivity contribution in [3.8, 4) is 0 Å². The molecule has 3 N–H and O–H groups in total. The molecule has 27 heavy (non-hydrogen) atoms. The number of nitrogens with one attached hydrogen (secondary N) is 1. The van der Waals surface area contributed by atoms with Gasteiger partial charge in [0.05, 0.1) is 23.3 Å². The molecule has 0 bridgehead atoms. The Morgan fingerprint density at radius 3 is 2.33 bits per heavy atom. The summed E-state index contributed by atoms with van der Waals surface area (Å²) < 4.78 is 39.0. The van der Waals surface area contributed by atoms with E-state index in [-0.39, 0.29) is 37.1 Å². The summed E-state index contributed by atoms with van der Waals surface area (Å²) in [6.07, 6.45) is -0.738. The molecule has 1 aliphatic carbocycles. The van der Waals surface area contributed by atoms with E-state index in [0.29, 0.717) is 12.8 Å². The quantitative estimate of drug-likeness (QED) is 0.783. The van der Waals surface area contributed by atoms with Crippen molar-refractivity contribution < 1.29 is 22.8 Å². The number of likely N-dealkylation sites (N-methyl/N-ethyl adjacent to an activating group) is 1. The molecule has 0 radical (unpaired) electrons. The summed E-state index contributed by atoms with van der Waals surface area (Å²) >= 11 is 0. The maximum atomic E-state index is 13.0. The van der Waals surface area contributed by atoms with Crippen LogP contribution in [0.3, 0.4) is 0 Å². The zero-order chi connectivity index (χ0) is 19.4. The number of amides is 2. The van der Waals surface area contributed by atoms with E-state index in [9.17, 15) is 22.8 Å². The van der Waals surface area contributed by atoms with Crippen LogP contribution in [-0.4, -0.2) is 35.3 Å². The maximum Gasteiger partial charge on any atom is 0.418 e. The van der Waals surface area contributed by atoms with Gasteiger partial charge in [-0.3, -0.25) is 9.59 Å². The normalized spacial score (nSPS) is 16.2. The second-order valence-electron chi connectivity index (χ2n) is 6.63. The minimum atomic E-state index is -4.58. The molecule has 1 saturated carbocycles. The van der Waals surface area contributed by atoms with Crippen LogP contribution in [0.15, 0.2) is 24.3 Å². The Morgan fingerprint density at radius 2 is 1.78 bits per heavy atom. The monoisotopic (exact) mass is 407 g/mol. The van der Waals surface area contributed by atoms with Crippen LogP contribution in [0.25, 0.3) is 0 Å². The predicted molar refractivity (Wildman–Crippen MR) is 99.6 cm³/mol. The van der Waals surface area contributed by atoms with Gasteiger partial charge in [-0.25, -0.2) is 0 Å². The lowest BCUT2D eigenvalue weighted by atomic mass is 9.81. The van der Waals surface area contributed by atoms with Gasteiger partial charge in [0.2, 0.25) is 11.8 Å². The summed E-state index contributed by atoms with van der Waals surface area (Å²) in [5, 5.41) is 2.26. The molecule has 152 valence electrons. The molecule has 0 spiro atoms. The molecule has 0 unspecified atom stereocenters. The van der Waals surface area contributed by atoms with Crippen LogP contribution in [-0.2, 0) is 15.8 Å². The Kier molecular flexibility index (Phi) is 8.10. The smallest absolute Gasteiger partial charge is 0.332 e. The summed E-state index contributed by atoms with van der Waals surface area (Å²) in [5.74, 6) is -1.00. The molecule has 9 heteroatoms. The van der Waals surface area contributed by atoms with Gasteiger partial charge in [0.15, 0.2) is 0 Å². The zero-order valence-electron chi connectivity index (χ0n) is 15.1. The first-order valence-electron chi connectivity index (χ1n) is 8.72. The average molecular weight is 408 g/mol. The molecule has 1 aromatic rings. The molecule has 5 nitrogen and oxygen atoms in total. The van der Waals surface area contributed by atoms with Crippen molar-refractivity contribution in [2.45, 2.75) is 50.7 Å². The SMILES string of the molecule is CCN(CC(=O)Nc1ccccc1C(F)(F)F)C(=O)C1(N)CCCCC1.Cl. The van der Waals surface area contributed by atoms with Crippen LogP contribution in [0.1, 0.15) is 44.6 Å². The van der Waals surface area contributed by atoms with E-state index in [0.717, 1.165) is 25.3 Å². The maximum absolute atomic E-state index is 13.0. The van der Waals surface area contributed by atoms with Gasteiger partial charge >= 0.3 is 6.18 Å². The summed E-state index contributed by atoms with van der Waals surface area (Å²) in [4.78, 5) is 26.2. The van der Waals surface area contributed by atoms with Crippen molar-refractivity contribution in [2.24, 2.45) is 5.73 Å². The number of nitrogens with zero attached hydrogens (tertiary/aromatic N) is 1. The van der Waals surface area contributed by atoms with Crippen LogP contribution < -0.4 is 11.1 Å². The Balaban J connectivity index is 0.00000364. The zero-order valence-corrected chi connectivity index (χ0v) is 16.0. The number of para-hydroxylation sites is 1. The van der Waals surface area contributed by atoms with Gasteiger partial charge in [0.25, 0.3) is 0 Å². The Hall–Kier alpha value is -1.80. The molecule has 0 saturated heterocycles. The number of hydrogen-bond donors (Lipinski definition) is 2. The molecule has 0 atom stereocenters. The van der Waals surface area contributed by atoms with Crippen LogP contribution in [0.2, 0.25) is 0 Å². The lowest BCUT2D eigenvalue weighted by molar-refractivity contribution is -0.140. The molecule has 1 aromatic carbocycles. The van der Waals surface area contributed by atoms with E-state index >= 15 is 0 Å². The number of rotatable bonds is 5. The Labute approximate surface area is 162 Å². The minimum Gasteiger partial charge on any atom is -0.332 e. The lowest BCUT2D eigenvalue weighted by Crippen LogP contribution is -2.57. The van der Waals surface area contributed by atoms with Crippen molar-refractivity contribution in [3.05, 3.63) is 29.8 Å². The number of hydrogen-bond acceptors (Lipinski definition) is 3. The van der Waals surface area contributed by atoms with Gasteiger partial charge in [-0.05, 0) is 31.9 Å². The number of carbonyl (C=O) groups excluding carboxylic acids is 2. The Bertz CT molecular complexity index is 661. The second kappa shape index (κ2) is 9.41. The topological polar surface area (TPSA) is 75.4 Å². The molecule has 2 amide bonds. The largest absolute Gasteiger partial charge is 0.418 e. The van der Waals surface area contributed by atoms with Crippen molar-refractivity contribution in [1.29, 1.82) is 0 Å². The van der Waals surface area contributed by atoms with Crippen LogP contribution >= 0.6 is 12.4 Å². The summed E-state index contributed by atoms with van der Waals surface area (Å²) in [6, 6.07) is 4.74. The first kappa shape index (κ1) is 23.2.